The fourth-order valence-corrected chi connectivity index (χ4v) is 21.9. The smallest absolute Gasteiger partial charge is 0.344 e. The Kier molecular flexibility index (Phi) is 14.1. The lowest BCUT2D eigenvalue weighted by Gasteiger charge is -2.59. The number of carbonyl (C=O) groups is 3. The number of hydrogen-bond acceptors (Lipinski definition) is 12. The molecular formula is C75H80O12S. The molecule has 1 heterocycles. The van der Waals surface area contributed by atoms with Crippen molar-refractivity contribution in [1.29, 1.82) is 0 Å². The van der Waals surface area contributed by atoms with Crippen LogP contribution in [0.5, 0.6) is 51.7 Å². The van der Waals surface area contributed by atoms with Crippen molar-refractivity contribution >= 4 is 28.8 Å². The van der Waals surface area contributed by atoms with E-state index in [1.54, 1.807) is 0 Å². The lowest BCUT2D eigenvalue weighted by Crippen LogP contribution is -2.58. The summed E-state index contributed by atoms with van der Waals surface area (Å²) in [6.07, 6.45) is 18.1. The Balaban J connectivity index is 0.583. The van der Waals surface area contributed by atoms with E-state index in [-0.39, 0.29) is 43.3 Å². The second-order valence-electron chi connectivity index (χ2n) is 28.7. The van der Waals surface area contributed by atoms with Crippen LogP contribution >= 0.6 is 10.9 Å². The Morgan fingerprint density at radius 3 is 0.852 bits per heavy atom. The highest BCUT2D eigenvalue weighted by atomic mass is 32.2. The molecule has 0 saturated heterocycles. The predicted molar refractivity (Wildman–Crippen MR) is 333 cm³/mol. The van der Waals surface area contributed by atoms with Gasteiger partial charge in [-0.1, -0.05) is 0 Å². The average molecular weight is 1210 g/mol. The molecule has 1 aliphatic heterocycles. The molecule has 88 heavy (non-hydrogen) atoms. The van der Waals surface area contributed by atoms with Crippen molar-refractivity contribution in [2.75, 3.05) is 19.8 Å². The number of esters is 3. The number of hydrogen-bond donors (Lipinski definition) is 1. The summed E-state index contributed by atoms with van der Waals surface area (Å²) < 4.78 is 56.1. The molecule has 0 N–H and O–H groups in total. The summed E-state index contributed by atoms with van der Waals surface area (Å²) in [4.78, 5) is 43.2. The first-order chi connectivity index (χ1) is 42.7. The molecule has 0 aromatic heterocycles. The van der Waals surface area contributed by atoms with E-state index in [0.29, 0.717) is 87.3 Å². The Labute approximate surface area is 518 Å². The molecule has 12 bridgehead atoms. The van der Waals surface area contributed by atoms with Gasteiger partial charge in [0.05, 0.1) is 0 Å². The van der Waals surface area contributed by atoms with Crippen molar-refractivity contribution in [1.82, 2.24) is 0 Å². The van der Waals surface area contributed by atoms with E-state index in [1.807, 2.05) is 97.1 Å². The minimum atomic E-state index is -0.996. The van der Waals surface area contributed by atoms with E-state index in [2.05, 4.69) is 57.2 Å². The number of fused-ring (bicyclic) bond motifs is 3. The van der Waals surface area contributed by atoms with Gasteiger partial charge in [0, 0.05) is 9.79 Å². The van der Waals surface area contributed by atoms with Crippen molar-refractivity contribution in [2.45, 2.75) is 149 Å². The highest BCUT2D eigenvalue weighted by Gasteiger charge is 2.59. The zero-order valence-corrected chi connectivity index (χ0v) is 51.6. The summed E-state index contributed by atoms with van der Waals surface area (Å²) in [5.41, 5.74) is 0.916. The van der Waals surface area contributed by atoms with Crippen LogP contribution in [0.15, 0.2) is 148 Å². The lowest BCUT2D eigenvalue weighted by molar-refractivity contribution is -0.205. The Morgan fingerprint density at radius 2 is 0.568 bits per heavy atom. The minimum absolute atomic E-state index is 0.126. The quantitative estimate of drug-likeness (QED) is 0.0469. The molecule has 12 aliphatic carbocycles. The second-order valence-corrected chi connectivity index (χ2v) is 30.8. The standard InChI is InChI=1S/C75H80O12S/c1-73(50-27-44-24-45(29-50)30-51(73)28-44)85-70(76)41-79-56-4-10-59(11-5-56)82-62-16-20-65(21-17-62)88-68-22-18-63(83-60-12-6-57(7-13-60)80-42-71(77)86-74(2)52-31-46-25-47(33-52)34-53(74)32-46)39-66(68)67-40-64(19-23-69(67)88)84-61-14-8-58(9-15-61)81-43-72(78)87-75(3)54-35-48-26-49(37-54)38-55(75)36-48/h4-23,39-40,44-55,88H,24-38,41-43H2,1-3H3. The van der Waals surface area contributed by atoms with Crippen molar-refractivity contribution in [3.8, 4) is 62.9 Å². The third-order valence-electron chi connectivity index (χ3n) is 23.3. The van der Waals surface area contributed by atoms with E-state index in [0.717, 1.165) is 51.5 Å². The number of benzene rings is 6. The molecule has 0 spiro atoms. The third kappa shape index (κ3) is 10.6. The van der Waals surface area contributed by atoms with E-state index in [1.165, 1.54) is 106 Å². The number of ether oxygens (including phenoxy) is 9. The van der Waals surface area contributed by atoms with Crippen LogP contribution in [-0.2, 0) is 28.6 Å². The van der Waals surface area contributed by atoms with Gasteiger partial charge >= 0.3 is 17.9 Å². The van der Waals surface area contributed by atoms with Gasteiger partial charge in [0.25, 0.3) is 0 Å². The molecule has 13 heteroatoms. The van der Waals surface area contributed by atoms with Gasteiger partial charge in [-0.25, -0.2) is 14.4 Å². The van der Waals surface area contributed by atoms with Crippen molar-refractivity contribution in [3.05, 3.63) is 133 Å². The van der Waals surface area contributed by atoms with Crippen LogP contribution in [0.2, 0.25) is 0 Å². The largest absolute Gasteiger partial charge is 0.482 e. The Bertz CT molecular complexity index is 3390. The summed E-state index contributed by atoms with van der Waals surface area (Å²) >= 11 is 0. The molecule has 0 amide bonds. The zero-order chi connectivity index (χ0) is 59.5. The first kappa shape index (κ1) is 56.1. The fourth-order valence-electron chi connectivity index (χ4n) is 19.4. The number of rotatable bonds is 19. The molecule has 458 valence electrons. The normalized spacial score (nSPS) is 33.9. The third-order valence-corrected chi connectivity index (χ3v) is 25.9. The molecule has 6 aromatic rings. The maximum Gasteiger partial charge on any atom is 0.344 e. The van der Waals surface area contributed by atoms with Gasteiger partial charge in [-0.15, -0.1) is 0 Å². The summed E-state index contributed by atoms with van der Waals surface area (Å²) in [5, 5.41) is 0. The van der Waals surface area contributed by atoms with Crippen LogP contribution in [0.1, 0.15) is 117 Å². The molecule has 13 aliphatic rings. The SMILES string of the molecule is CC1(OC(=O)COc2ccc(Oc3ccc([SH]4c5ccc(Oc6ccc(OCC(=O)OC7(C)C8CC9CC(C8)CC7C9)cc6)cc5-c5cc(Oc6ccc(OCC(=O)OC7(C)C8CC9CC(C8)CC7C9)cc6)ccc54)cc3)cc2)C2CC3CC(C2)CC1C3. The van der Waals surface area contributed by atoms with Gasteiger partial charge in [-0.05, 0) is 338 Å². The van der Waals surface area contributed by atoms with Crippen molar-refractivity contribution in [3.63, 3.8) is 0 Å². The van der Waals surface area contributed by atoms with Crippen molar-refractivity contribution in [2.24, 2.45) is 71.0 Å². The highest BCUT2D eigenvalue weighted by molar-refractivity contribution is 8.17. The zero-order valence-electron chi connectivity index (χ0n) is 50.7. The van der Waals surface area contributed by atoms with Gasteiger partial charge in [-0.3, -0.25) is 0 Å². The van der Waals surface area contributed by atoms with Gasteiger partial charge < -0.3 is 42.6 Å². The molecule has 0 radical (unpaired) electrons. The summed E-state index contributed by atoms with van der Waals surface area (Å²) in [7, 11) is -0.996. The molecule has 12 saturated carbocycles. The van der Waals surface area contributed by atoms with Gasteiger partial charge in [-0.2, -0.15) is 10.9 Å². The van der Waals surface area contributed by atoms with Crippen LogP contribution in [0.25, 0.3) is 11.1 Å². The molecule has 19 rings (SSSR count). The monoisotopic (exact) mass is 1200 g/mol. The molecule has 12 nitrogen and oxygen atoms in total. The first-order valence-corrected chi connectivity index (χ1v) is 34.1. The van der Waals surface area contributed by atoms with E-state index >= 15 is 0 Å². The van der Waals surface area contributed by atoms with Crippen LogP contribution in [-0.4, -0.2) is 54.5 Å². The number of thiol groups is 1. The van der Waals surface area contributed by atoms with Crippen LogP contribution in [0.4, 0.5) is 0 Å². The van der Waals surface area contributed by atoms with Crippen molar-refractivity contribution < 1.29 is 57.0 Å². The van der Waals surface area contributed by atoms with Gasteiger partial charge in [0.2, 0.25) is 0 Å². The summed E-state index contributed by atoms with van der Waals surface area (Å²) in [5.74, 6) is 12.3. The topological polar surface area (TPSA) is 134 Å². The van der Waals surface area contributed by atoms with Crippen LogP contribution < -0.4 is 28.4 Å². The maximum absolute atomic E-state index is 13.2. The van der Waals surface area contributed by atoms with Gasteiger partial charge in [0.1, 0.15) is 68.5 Å². The molecule has 0 atom stereocenters. The number of carbonyl (C=O) groups excluding carboxylic acids is 3. The van der Waals surface area contributed by atoms with Gasteiger partial charge in [0.15, 0.2) is 19.8 Å². The fraction of sp³-hybridized carbons (Fsp3) is 0.480. The van der Waals surface area contributed by atoms with E-state index < -0.39 is 22.1 Å². The van der Waals surface area contributed by atoms with E-state index in [9.17, 15) is 14.4 Å². The Hall–Kier alpha value is -7.12. The predicted octanol–water partition coefficient (Wildman–Crippen LogP) is 16.9. The maximum atomic E-state index is 13.2. The first-order valence-electron chi connectivity index (χ1n) is 32.8. The van der Waals surface area contributed by atoms with Crippen LogP contribution in [0.3, 0.4) is 0 Å². The highest BCUT2D eigenvalue weighted by Crippen LogP contribution is 2.65. The summed E-state index contributed by atoms with van der Waals surface area (Å²) in [6.45, 7) is 6.08. The summed E-state index contributed by atoms with van der Waals surface area (Å²) in [6, 6.07) is 43.0. The minimum Gasteiger partial charge on any atom is -0.482 e. The average Bonchev–Trinajstić information content (AvgIpc) is 1.31. The van der Waals surface area contributed by atoms with Crippen LogP contribution in [0, 0.1) is 71.0 Å². The molecule has 0 unspecified atom stereocenters. The van der Waals surface area contributed by atoms with E-state index in [4.69, 9.17) is 42.6 Å². The second kappa shape index (κ2) is 22.1. The Morgan fingerprint density at radius 1 is 0.330 bits per heavy atom. The molecule has 6 aromatic carbocycles. The molecule has 12 fully saturated rings. The lowest BCUT2D eigenvalue weighted by atomic mass is 9.50. The molecular weight excluding hydrogens is 1120 g/mol.